The van der Waals surface area contributed by atoms with Crippen molar-refractivity contribution in [1.82, 2.24) is 4.57 Å². The molecule has 0 saturated heterocycles. The van der Waals surface area contributed by atoms with Crippen molar-refractivity contribution >= 4 is 36.0 Å². The number of aromatic nitrogens is 1. The molecule has 49 heavy (non-hydrogen) atoms. The molecule has 0 N–H and O–H groups in total. The van der Waals surface area contributed by atoms with Crippen molar-refractivity contribution in [2.45, 2.75) is 82.7 Å². The number of aryl methyl sites for hydroxylation is 2. The predicted octanol–water partition coefficient (Wildman–Crippen LogP) is 13.2. The van der Waals surface area contributed by atoms with Crippen LogP contribution in [0.1, 0.15) is 85.4 Å². The van der Waals surface area contributed by atoms with Gasteiger partial charge >= 0.3 is 37.9 Å². The summed E-state index contributed by atoms with van der Waals surface area (Å²) in [4.78, 5) is 0. The summed E-state index contributed by atoms with van der Waals surface area (Å²) in [7, 11) is 10.0. The molecule has 0 saturated carbocycles. The number of rotatable bonds is 9. The van der Waals surface area contributed by atoms with Gasteiger partial charge in [-0.2, -0.15) is 0 Å². The predicted molar refractivity (Wildman–Crippen MR) is 214 cm³/mol. The van der Waals surface area contributed by atoms with Crippen molar-refractivity contribution < 1.29 is 25.6 Å². The molecule has 4 aromatic carbocycles. The molecule has 5 aromatic rings. The molecule has 2 aliphatic carbocycles. The summed E-state index contributed by atoms with van der Waals surface area (Å²) < 4.78 is 8.54. The van der Waals surface area contributed by atoms with E-state index in [1.165, 1.54) is 64.2 Å². The molecule has 6 heteroatoms. The maximum atomic E-state index is 6.05. The zero-order valence-corrected chi connectivity index (χ0v) is 35.6. The number of nitrogens with zero attached hydrogens (tertiary/aromatic N) is 1. The average molecular weight is 790 g/mol. The van der Waals surface area contributed by atoms with Crippen LogP contribution < -0.4 is 0 Å². The van der Waals surface area contributed by atoms with Crippen molar-refractivity contribution in [3.05, 3.63) is 134 Å². The SMILES string of the molecule is Cc1ccc2c(c1)c1c(n2C)-c2ccccc2C1[Si](C)(CCCCCCOC(C)(C)C)C1c2ccccc2-c2ccccc21.[CH3-].[CH3-].[Cl][Zr+2][Cl]. The van der Waals surface area contributed by atoms with Crippen molar-refractivity contribution in [2.24, 2.45) is 7.05 Å². The third kappa shape index (κ3) is 7.66. The van der Waals surface area contributed by atoms with Crippen LogP contribution in [0, 0.1) is 21.8 Å². The Morgan fingerprint density at radius 2 is 1.24 bits per heavy atom. The van der Waals surface area contributed by atoms with Gasteiger partial charge in [0, 0.05) is 41.2 Å². The molecular formula is C43H53Cl2NOSiZr. The standard InChI is InChI=1S/C41H47NOSi.2CH3.2ClH.Zr/c1-28-23-24-36-35(27-28)37-38(42(36)5)31-19-11-14-22-34(31)40(37)44(6,26-16-8-7-15-25-43-41(2,3)4)39-32-20-12-9-17-29(32)30-18-10-13-21-33(30)39;;;;;/h9-14,17-24,27,39-40H,7-8,15-16,25-26H2,1-6H3;2*1H3;2*1H;/q;2*-1;;;+4/p-2. The Hall–Kier alpha value is -1.94. The van der Waals surface area contributed by atoms with Gasteiger partial charge in [0.05, 0.1) is 19.4 Å². The fourth-order valence-electron chi connectivity index (χ4n) is 8.67. The van der Waals surface area contributed by atoms with Crippen LogP contribution in [0.3, 0.4) is 0 Å². The van der Waals surface area contributed by atoms with Crippen LogP contribution in [0.2, 0.25) is 12.6 Å². The first kappa shape index (κ1) is 39.8. The number of hydrogen-bond donors (Lipinski definition) is 0. The van der Waals surface area contributed by atoms with Gasteiger partial charge in [-0.05, 0) is 79.6 Å². The van der Waals surface area contributed by atoms with Crippen molar-refractivity contribution in [1.29, 1.82) is 0 Å². The van der Waals surface area contributed by atoms with E-state index >= 15 is 0 Å². The van der Waals surface area contributed by atoms with Gasteiger partial charge in [0.1, 0.15) is 0 Å². The quantitative estimate of drug-likeness (QED) is 0.0824. The average Bonchev–Trinajstić information content (AvgIpc) is 3.67. The summed E-state index contributed by atoms with van der Waals surface area (Å²) in [6.07, 6.45) is 4.92. The van der Waals surface area contributed by atoms with E-state index in [0.29, 0.717) is 11.1 Å². The molecular weight excluding hydrogens is 737 g/mol. The number of ether oxygens (including phenoxy) is 1. The second-order valence-electron chi connectivity index (χ2n) is 14.7. The number of fused-ring (bicyclic) bond motifs is 8. The molecule has 0 bridgehead atoms. The monoisotopic (exact) mass is 787 g/mol. The van der Waals surface area contributed by atoms with E-state index in [1.54, 1.807) is 22.3 Å². The number of unbranched alkanes of at least 4 members (excludes halogenated alkanes) is 3. The molecule has 0 radical (unpaired) electrons. The molecule has 258 valence electrons. The Balaban J connectivity index is 0.00000104. The van der Waals surface area contributed by atoms with Crippen LogP contribution in [0.5, 0.6) is 0 Å². The fraction of sp³-hybridized carbons (Fsp3) is 0.349. The molecule has 2 unspecified atom stereocenters. The van der Waals surface area contributed by atoms with Gasteiger partial charge < -0.3 is 24.2 Å². The molecule has 0 aliphatic heterocycles. The van der Waals surface area contributed by atoms with Gasteiger partial charge in [0.2, 0.25) is 0 Å². The number of hydrogen-bond acceptors (Lipinski definition) is 1. The molecule has 0 fully saturated rings. The molecule has 1 heterocycles. The van der Waals surface area contributed by atoms with E-state index in [-0.39, 0.29) is 20.5 Å². The summed E-state index contributed by atoms with van der Waals surface area (Å²) >= 11 is -0.826. The van der Waals surface area contributed by atoms with Gasteiger partial charge in [0.15, 0.2) is 0 Å². The molecule has 1 aromatic heterocycles. The topological polar surface area (TPSA) is 14.2 Å². The van der Waals surface area contributed by atoms with Gasteiger partial charge in [-0.1, -0.05) is 116 Å². The minimum absolute atomic E-state index is 0. The summed E-state index contributed by atoms with van der Waals surface area (Å²) in [5, 5.41) is 1.46. The Bertz CT molecular complexity index is 1830. The molecule has 2 atom stereocenters. The fourth-order valence-corrected chi connectivity index (χ4v) is 14.4. The molecule has 0 spiro atoms. The molecule has 0 amide bonds. The van der Waals surface area contributed by atoms with Gasteiger partial charge in [-0.25, -0.2) is 0 Å². The van der Waals surface area contributed by atoms with Gasteiger partial charge in [0.25, 0.3) is 0 Å². The molecule has 2 nitrogen and oxygen atoms in total. The Morgan fingerprint density at radius 1 is 0.735 bits per heavy atom. The zero-order chi connectivity index (χ0) is 33.3. The second-order valence-corrected chi connectivity index (χ2v) is 23.1. The Kier molecular flexibility index (Phi) is 13.5. The number of halogens is 2. The van der Waals surface area contributed by atoms with E-state index in [0.717, 1.165) is 13.0 Å². The van der Waals surface area contributed by atoms with Crippen LogP contribution in [-0.2, 0) is 32.6 Å². The van der Waals surface area contributed by atoms with Crippen LogP contribution in [-0.4, -0.2) is 24.8 Å². The van der Waals surface area contributed by atoms with Gasteiger partial charge in [-0.3, -0.25) is 0 Å². The van der Waals surface area contributed by atoms with Crippen LogP contribution >= 0.6 is 17.0 Å². The second kappa shape index (κ2) is 16.6. The minimum atomic E-state index is -2.15. The Morgan fingerprint density at radius 3 is 1.82 bits per heavy atom. The summed E-state index contributed by atoms with van der Waals surface area (Å²) in [5.74, 6) is 0. The third-order valence-electron chi connectivity index (χ3n) is 10.5. The normalized spacial score (nSPS) is 15.4. The molecule has 2 aliphatic rings. The van der Waals surface area contributed by atoms with E-state index in [2.05, 4.69) is 137 Å². The maximum absolute atomic E-state index is 6.05. The van der Waals surface area contributed by atoms with Crippen LogP contribution in [0.25, 0.3) is 33.3 Å². The third-order valence-corrected chi connectivity index (χ3v) is 15.8. The first-order valence-electron chi connectivity index (χ1n) is 17.1. The first-order chi connectivity index (χ1) is 22.6. The van der Waals surface area contributed by atoms with E-state index < -0.39 is 28.9 Å². The first-order valence-corrected chi connectivity index (χ1v) is 26.3. The van der Waals surface area contributed by atoms with Crippen molar-refractivity contribution in [3.8, 4) is 22.4 Å². The van der Waals surface area contributed by atoms with E-state index in [1.807, 2.05) is 0 Å². The van der Waals surface area contributed by atoms with E-state index in [4.69, 9.17) is 21.8 Å². The summed E-state index contributed by atoms with van der Waals surface area (Å²) in [6.45, 7) is 12.3. The van der Waals surface area contributed by atoms with Crippen LogP contribution in [0.15, 0.2) is 91.0 Å². The Labute approximate surface area is 316 Å². The van der Waals surface area contributed by atoms with Crippen molar-refractivity contribution in [2.75, 3.05) is 6.61 Å². The van der Waals surface area contributed by atoms with Crippen molar-refractivity contribution in [3.63, 3.8) is 0 Å². The van der Waals surface area contributed by atoms with E-state index in [9.17, 15) is 0 Å². The van der Waals surface area contributed by atoms with Gasteiger partial charge in [-0.15, -0.1) is 0 Å². The van der Waals surface area contributed by atoms with Crippen LogP contribution in [0.4, 0.5) is 0 Å². The number of benzene rings is 4. The molecule has 7 rings (SSSR count). The zero-order valence-electron chi connectivity index (χ0n) is 30.7. The summed E-state index contributed by atoms with van der Waals surface area (Å²) in [6, 6.07) is 36.4. The summed E-state index contributed by atoms with van der Waals surface area (Å²) in [5.41, 5.74) is 15.6.